The van der Waals surface area contributed by atoms with Crippen molar-refractivity contribution < 1.29 is 51.4 Å². The molecule has 0 heterocycles. The second kappa shape index (κ2) is 6.83. The Morgan fingerprint density at radius 1 is 1.10 bits per heavy atom. The number of hydrogen-bond acceptors (Lipinski definition) is 0. The topological polar surface area (TPSA) is 0 Å². The van der Waals surface area contributed by atoms with Crippen molar-refractivity contribution in [1.29, 1.82) is 0 Å². The number of halogens is 1. The van der Waals surface area contributed by atoms with E-state index < -0.39 is 0 Å². The van der Waals surface area contributed by atoms with Gasteiger partial charge in [0.1, 0.15) is 0 Å². The predicted octanol–water partition coefficient (Wildman–Crippen LogP) is 0.103. The van der Waals surface area contributed by atoms with Crippen LogP contribution in [-0.4, -0.2) is 0 Å². The van der Waals surface area contributed by atoms with Crippen molar-refractivity contribution in [3.05, 3.63) is 42.3 Å². The summed E-state index contributed by atoms with van der Waals surface area (Å²) in [4.78, 5) is 0. The van der Waals surface area contributed by atoms with E-state index in [-0.39, 0.29) is 58.8 Å². The molecule has 0 aliphatic carbocycles. The van der Waals surface area contributed by atoms with Gasteiger partial charge in [0.2, 0.25) is 0 Å². The number of aryl methyl sites for hydroxylation is 1. The zero-order valence-electron chi connectivity index (χ0n) is 6.69. The van der Waals surface area contributed by atoms with Crippen molar-refractivity contribution in [3.8, 4) is 0 Å². The molecular weight excluding hydrogens is 171 g/mol. The molecule has 0 aliphatic heterocycles. The third-order valence-electron chi connectivity index (χ3n) is 1.01. The minimum absolute atomic E-state index is 0. The van der Waals surface area contributed by atoms with E-state index in [4.69, 9.17) is 11.6 Å². The standard InChI is InChI=1S/C7H7Cl.CH3.K/c1-6-2-4-7(8)5-3-6;;/h2-5H,1H3;1H3;/q;-1;+1. The van der Waals surface area contributed by atoms with Gasteiger partial charge >= 0.3 is 51.4 Å². The fourth-order valence-electron chi connectivity index (χ4n) is 0.533. The van der Waals surface area contributed by atoms with Crippen LogP contribution in [0.5, 0.6) is 0 Å². The fourth-order valence-corrected chi connectivity index (χ4v) is 0.659. The first kappa shape index (κ1) is 13.7. The van der Waals surface area contributed by atoms with E-state index >= 15 is 0 Å². The van der Waals surface area contributed by atoms with Gasteiger partial charge in [-0.05, 0) is 19.1 Å². The van der Waals surface area contributed by atoms with Crippen LogP contribution >= 0.6 is 11.6 Å². The molecule has 0 atom stereocenters. The minimum Gasteiger partial charge on any atom is -0.358 e. The second-order valence-electron chi connectivity index (χ2n) is 1.80. The molecule has 1 rings (SSSR count). The zero-order valence-corrected chi connectivity index (χ0v) is 10.6. The molecule has 0 unspecified atom stereocenters. The summed E-state index contributed by atoms with van der Waals surface area (Å²) in [6.45, 7) is 2.04. The number of benzene rings is 1. The Morgan fingerprint density at radius 2 is 1.50 bits per heavy atom. The first-order valence-electron chi connectivity index (χ1n) is 2.51. The monoisotopic (exact) mass is 180 g/mol. The molecule has 0 aliphatic rings. The molecule has 0 aromatic heterocycles. The molecule has 0 saturated carbocycles. The van der Waals surface area contributed by atoms with Crippen LogP contribution in [0.15, 0.2) is 24.3 Å². The van der Waals surface area contributed by atoms with Gasteiger partial charge < -0.3 is 7.43 Å². The van der Waals surface area contributed by atoms with Crippen LogP contribution in [-0.2, 0) is 0 Å². The molecule has 0 bridgehead atoms. The minimum atomic E-state index is 0. The summed E-state index contributed by atoms with van der Waals surface area (Å²) in [5.41, 5.74) is 1.24. The first-order valence-corrected chi connectivity index (χ1v) is 2.89. The van der Waals surface area contributed by atoms with E-state index in [2.05, 4.69) is 0 Å². The van der Waals surface area contributed by atoms with Gasteiger partial charge in [0.25, 0.3) is 0 Å². The summed E-state index contributed by atoms with van der Waals surface area (Å²) < 4.78 is 0. The van der Waals surface area contributed by atoms with Gasteiger partial charge in [-0.3, -0.25) is 0 Å². The van der Waals surface area contributed by atoms with Crippen molar-refractivity contribution in [1.82, 2.24) is 0 Å². The van der Waals surface area contributed by atoms with Gasteiger partial charge in [-0.2, -0.15) is 0 Å². The molecule has 50 valence electrons. The zero-order chi connectivity index (χ0) is 5.98. The van der Waals surface area contributed by atoms with E-state index in [1.165, 1.54) is 5.56 Å². The van der Waals surface area contributed by atoms with Crippen LogP contribution < -0.4 is 51.4 Å². The molecule has 0 N–H and O–H groups in total. The predicted molar refractivity (Wildman–Crippen MR) is 42.6 cm³/mol. The van der Waals surface area contributed by atoms with Crippen LogP contribution in [0.3, 0.4) is 0 Å². The van der Waals surface area contributed by atoms with Crippen LogP contribution in [0.1, 0.15) is 5.56 Å². The van der Waals surface area contributed by atoms with Crippen molar-refractivity contribution in [2.45, 2.75) is 6.92 Å². The molecule has 0 nitrogen and oxygen atoms in total. The van der Waals surface area contributed by atoms with Crippen LogP contribution in [0.4, 0.5) is 0 Å². The maximum absolute atomic E-state index is 5.61. The summed E-state index contributed by atoms with van der Waals surface area (Å²) in [5, 5.41) is 0.801. The van der Waals surface area contributed by atoms with Crippen molar-refractivity contribution in [2.75, 3.05) is 0 Å². The van der Waals surface area contributed by atoms with Crippen LogP contribution in [0, 0.1) is 14.4 Å². The Kier molecular flexibility index (Phi) is 9.37. The normalized spacial score (nSPS) is 7.40. The number of rotatable bonds is 0. The van der Waals surface area contributed by atoms with Gasteiger partial charge in [-0.1, -0.05) is 29.3 Å². The Labute approximate surface area is 110 Å². The van der Waals surface area contributed by atoms with Crippen molar-refractivity contribution >= 4 is 11.6 Å². The molecule has 0 spiro atoms. The van der Waals surface area contributed by atoms with Gasteiger partial charge in [-0.15, -0.1) is 0 Å². The number of hydrogen-bond donors (Lipinski definition) is 0. The molecule has 0 fully saturated rings. The van der Waals surface area contributed by atoms with Gasteiger partial charge in [0, 0.05) is 5.02 Å². The second-order valence-corrected chi connectivity index (χ2v) is 2.23. The molecule has 10 heavy (non-hydrogen) atoms. The molecule has 0 saturated heterocycles. The summed E-state index contributed by atoms with van der Waals surface area (Å²) in [6, 6.07) is 7.75. The van der Waals surface area contributed by atoms with E-state index in [1.807, 2.05) is 31.2 Å². The molecule has 0 amide bonds. The molecule has 1 aromatic carbocycles. The summed E-state index contributed by atoms with van der Waals surface area (Å²) in [5.74, 6) is 0. The SMILES string of the molecule is Cc1ccc(Cl)cc1.[CH3-].[K+]. The Bertz CT molecular complexity index is 148. The maximum Gasteiger partial charge on any atom is 1.00 e. The quantitative estimate of drug-likeness (QED) is 0.393. The fraction of sp³-hybridized carbons (Fsp3) is 0.125. The molecule has 0 radical (unpaired) electrons. The Hall–Kier alpha value is 1.15. The van der Waals surface area contributed by atoms with E-state index in [1.54, 1.807) is 0 Å². The van der Waals surface area contributed by atoms with Gasteiger partial charge in [0.05, 0.1) is 0 Å². The molecule has 2 heteroatoms. The average molecular weight is 181 g/mol. The van der Waals surface area contributed by atoms with E-state index in [0.717, 1.165) is 5.02 Å². The maximum atomic E-state index is 5.61. The average Bonchev–Trinajstić information content (AvgIpc) is 1.77. The molecule has 1 aromatic rings. The smallest absolute Gasteiger partial charge is 0.358 e. The summed E-state index contributed by atoms with van der Waals surface area (Å²) in [6.07, 6.45) is 0. The molecular formula is C8H10ClK. The van der Waals surface area contributed by atoms with E-state index in [0.29, 0.717) is 0 Å². The Balaban J connectivity index is 0. The van der Waals surface area contributed by atoms with Crippen LogP contribution in [0.25, 0.3) is 0 Å². The van der Waals surface area contributed by atoms with Crippen molar-refractivity contribution in [2.24, 2.45) is 0 Å². The largest absolute Gasteiger partial charge is 1.00 e. The van der Waals surface area contributed by atoms with Gasteiger partial charge in [-0.25, -0.2) is 0 Å². The van der Waals surface area contributed by atoms with Crippen molar-refractivity contribution in [3.63, 3.8) is 0 Å². The van der Waals surface area contributed by atoms with Gasteiger partial charge in [0.15, 0.2) is 0 Å². The third kappa shape index (κ3) is 4.89. The Morgan fingerprint density at radius 3 is 1.80 bits per heavy atom. The summed E-state index contributed by atoms with van der Waals surface area (Å²) >= 11 is 5.61. The van der Waals surface area contributed by atoms with Crippen LogP contribution in [0.2, 0.25) is 5.02 Å². The first-order chi connectivity index (χ1) is 3.79. The summed E-state index contributed by atoms with van der Waals surface area (Å²) in [7, 11) is 0. The van der Waals surface area contributed by atoms with E-state index in [9.17, 15) is 0 Å². The third-order valence-corrected chi connectivity index (χ3v) is 1.26.